The summed E-state index contributed by atoms with van der Waals surface area (Å²) >= 11 is 0. The lowest BCUT2D eigenvalue weighted by Gasteiger charge is -2.09. The molecular formula is C24H25N5O2. The Balaban J connectivity index is 1.45. The highest BCUT2D eigenvalue weighted by atomic mass is 16.5. The molecule has 1 atom stereocenters. The minimum absolute atomic E-state index is 0.0913. The van der Waals surface area contributed by atoms with Crippen LogP contribution in [0.2, 0.25) is 0 Å². The Morgan fingerprint density at radius 3 is 2.81 bits per heavy atom. The summed E-state index contributed by atoms with van der Waals surface area (Å²) in [4.78, 5) is 22.3. The summed E-state index contributed by atoms with van der Waals surface area (Å²) < 4.78 is 9.64. The molecule has 1 saturated heterocycles. The van der Waals surface area contributed by atoms with Crippen molar-refractivity contribution in [2.75, 3.05) is 13.2 Å². The highest BCUT2D eigenvalue weighted by molar-refractivity contribution is 6.00. The number of amides is 1. The van der Waals surface area contributed by atoms with Gasteiger partial charge < -0.3 is 14.6 Å². The maximum atomic E-state index is 12.9. The summed E-state index contributed by atoms with van der Waals surface area (Å²) in [6.45, 7) is 3.99. The van der Waals surface area contributed by atoms with E-state index in [0.29, 0.717) is 18.1 Å². The van der Waals surface area contributed by atoms with Crippen molar-refractivity contribution < 1.29 is 9.53 Å². The van der Waals surface area contributed by atoms with Crippen molar-refractivity contribution >= 4 is 11.4 Å². The number of rotatable bonds is 6. The van der Waals surface area contributed by atoms with Crippen LogP contribution in [-0.2, 0) is 11.3 Å². The normalized spacial score (nSPS) is 16.1. The van der Waals surface area contributed by atoms with Crippen molar-refractivity contribution in [2.24, 2.45) is 0 Å². The Hall–Kier alpha value is -3.45. The lowest BCUT2D eigenvalue weighted by molar-refractivity contribution is 0.0855. The summed E-state index contributed by atoms with van der Waals surface area (Å²) in [5.41, 5.74) is 3.12. The van der Waals surface area contributed by atoms with Crippen molar-refractivity contribution in [1.82, 2.24) is 24.3 Å². The third-order valence-electron chi connectivity index (χ3n) is 5.68. The molecule has 1 N–H and O–H groups in total. The molecule has 1 aromatic carbocycles. The summed E-state index contributed by atoms with van der Waals surface area (Å²) in [6, 6.07) is 16.0. The first-order chi connectivity index (χ1) is 15.2. The molecule has 7 heteroatoms. The first-order valence-corrected chi connectivity index (χ1v) is 10.6. The van der Waals surface area contributed by atoms with Crippen LogP contribution in [0.3, 0.4) is 0 Å². The average molecular weight is 415 g/mol. The van der Waals surface area contributed by atoms with E-state index in [4.69, 9.17) is 14.7 Å². The van der Waals surface area contributed by atoms with Gasteiger partial charge in [-0.05, 0) is 37.5 Å². The van der Waals surface area contributed by atoms with E-state index in [1.165, 1.54) is 5.56 Å². The topological polar surface area (TPSA) is 73.4 Å². The van der Waals surface area contributed by atoms with Crippen LogP contribution >= 0.6 is 0 Å². The van der Waals surface area contributed by atoms with Crippen LogP contribution in [0, 0.1) is 6.92 Å². The second-order valence-electron chi connectivity index (χ2n) is 7.87. The first-order valence-electron chi connectivity index (χ1n) is 10.6. The Kier molecular flexibility index (Phi) is 5.26. The third kappa shape index (κ3) is 3.96. The third-order valence-corrected chi connectivity index (χ3v) is 5.68. The number of benzene rings is 1. The lowest BCUT2D eigenvalue weighted by Crippen LogP contribution is -2.32. The molecule has 1 aliphatic heterocycles. The number of imidazole rings is 2. The molecule has 0 radical (unpaired) electrons. The van der Waals surface area contributed by atoms with Crippen molar-refractivity contribution in [2.45, 2.75) is 32.4 Å². The van der Waals surface area contributed by atoms with Gasteiger partial charge in [0.15, 0.2) is 11.5 Å². The largest absolute Gasteiger partial charge is 0.376 e. The Morgan fingerprint density at radius 2 is 2.00 bits per heavy atom. The number of pyridine rings is 1. The van der Waals surface area contributed by atoms with E-state index in [1.807, 2.05) is 60.1 Å². The molecule has 3 aromatic heterocycles. The van der Waals surface area contributed by atoms with Gasteiger partial charge in [0.25, 0.3) is 5.91 Å². The standard InChI is InChI=1S/C24H25N5O2/c1-17-26-20(16-28(17)15-18-8-3-2-4-9-18)23-27-22(21-11-5-6-12-29(21)23)24(30)25-14-19-10-7-13-31-19/h2-6,8-9,11-12,16,19H,7,10,13-15H2,1H3,(H,25,30)/t19-/m1/s1. The number of nitrogens with zero attached hydrogens (tertiary/aromatic N) is 4. The first kappa shape index (κ1) is 19.5. The second-order valence-corrected chi connectivity index (χ2v) is 7.87. The number of hydrogen-bond acceptors (Lipinski definition) is 4. The monoisotopic (exact) mass is 415 g/mol. The lowest BCUT2D eigenvalue weighted by atomic mass is 10.2. The molecule has 0 saturated carbocycles. The maximum absolute atomic E-state index is 12.9. The van der Waals surface area contributed by atoms with Gasteiger partial charge in [-0.25, -0.2) is 9.97 Å². The van der Waals surface area contributed by atoms with Crippen molar-refractivity contribution in [3.63, 3.8) is 0 Å². The van der Waals surface area contributed by atoms with Gasteiger partial charge in [0.1, 0.15) is 11.5 Å². The SMILES string of the molecule is Cc1nc(-c2nc(C(=O)NC[C@H]3CCCO3)c3ccccn23)cn1Cc1ccccc1. The predicted molar refractivity (Wildman–Crippen MR) is 118 cm³/mol. The van der Waals surface area contributed by atoms with Gasteiger partial charge in [-0.1, -0.05) is 36.4 Å². The molecule has 4 aromatic rings. The van der Waals surface area contributed by atoms with Crippen molar-refractivity contribution in [1.29, 1.82) is 0 Å². The molecule has 0 spiro atoms. The molecule has 1 fully saturated rings. The van der Waals surface area contributed by atoms with Crippen LogP contribution in [0.15, 0.2) is 60.9 Å². The van der Waals surface area contributed by atoms with Gasteiger partial charge in [-0.2, -0.15) is 0 Å². The van der Waals surface area contributed by atoms with E-state index in [-0.39, 0.29) is 12.0 Å². The van der Waals surface area contributed by atoms with Crippen LogP contribution in [0.25, 0.3) is 17.0 Å². The minimum atomic E-state index is -0.189. The van der Waals surface area contributed by atoms with Crippen molar-refractivity contribution in [3.8, 4) is 11.5 Å². The highest BCUT2D eigenvalue weighted by Gasteiger charge is 2.22. The predicted octanol–water partition coefficient (Wildman–Crippen LogP) is 3.46. The van der Waals surface area contributed by atoms with Crippen LogP contribution in [0.1, 0.15) is 34.7 Å². The number of aromatic nitrogens is 4. The van der Waals surface area contributed by atoms with E-state index in [2.05, 4.69) is 22.0 Å². The average Bonchev–Trinajstić information content (AvgIpc) is 3.52. The van der Waals surface area contributed by atoms with Crippen LogP contribution < -0.4 is 5.32 Å². The molecule has 1 aliphatic rings. The Morgan fingerprint density at radius 1 is 1.16 bits per heavy atom. The zero-order chi connectivity index (χ0) is 21.2. The molecule has 5 rings (SSSR count). The number of carbonyl (C=O) groups excluding carboxylic acids is 1. The molecule has 0 aliphatic carbocycles. The summed E-state index contributed by atoms with van der Waals surface area (Å²) in [5, 5.41) is 2.98. The van der Waals surface area contributed by atoms with Gasteiger partial charge in [0.05, 0.1) is 11.6 Å². The summed E-state index contributed by atoms with van der Waals surface area (Å²) in [6.07, 6.45) is 6.03. The number of nitrogens with one attached hydrogen (secondary N) is 1. The summed E-state index contributed by atoms with van der Waals surface area (Å²) in [5.74, 6) is 1.37. The highest BCUT2D eigenvalue weighted by Crippen LogP contribution is 2.23. The van der Waals surface area contributed by atoms with E-state index >= 15 is 0 Å². The number of ether oxygens (including phenoxy) is 1. The fraction of sp³-hybridized carbons (Fsp3) is 0.292. The van der Waals surface area contributed by atoms with Crippen LogP contribution in [-0.4, -0.2) is 44.1 Å². The smallest absolute Gasteiger partial charge is 0.272 e. The van der Waals surface area contributed by atoms with E-state index in [9.17, 15) is 4.79 Å². The number of aryl methyl sites for hydroxylation is 1. The number of hydrogen-bond donors (Lipinski definition) is 1. The molecule has 31 heavy (non-hydrogen) atoms. The van der Waals surface area contributed by atoms with E-state index in [0.717, 1.165) is 43.0 Å². The van der Waals surface area contributed by atoms with Crippen LogP contribution in [0.5, 0.6) is 0 Å². The molecule has 158 valence electrons. The van der Waals surface area contributed by atoms with Gasteiger partial charge in [0.2, 0.25) is 0 Å². The Labute approximate surface area is 180 Å². The van der Waals surface area contributed by atoms with Crippen LogP contribution in [0.4, 0.5) is 0 Å². The second kappa shape index (κ2) is 8.35. The van der Waals surface area contributed by atoms with Gasteiger partial charge in [-0.15, -0.1) is 0 Å². The molecule has 7 nitrogen and oxygen atoms in total. The molecular weight excluding hydrogens is 390 g/mol. The fourth-order valence-corrected chi connectivity index (χ4v) is 4.04. The van der Waals surface area contributed by atoms with Gasteiger partial charge in [0, 0.05) is 32.1 Å². The fourth-order valence-electron chi connectivity index (χ4n) is 4.04. The summed E-state index contributed by atoms with van der Waals surface area (Å²) in [7, 11) is 0. The van der Waals surface area contributed by atoms with Crippen molar-refractivity contribution in [3.05, 3.63) is 78.0 Å². The number of fused-ring (bicyclic) bond motifs is 1. The molecule has 0 unspecified atom stereocenters. The van der Waals surface area contributed by atoms with Gasteiger partial charge in [-0.3, -0.25) is 9.20 Å². The number of carbonyl (C=O) groups is 1. The molecule has 4 heterocycles. The maximum Gasteiger partial charge on any atom is 0.272 e. The van der Waals surface area contributed by atoms with Gasteiger partial charge >= 0.3 is 0 Å². The van der Waals surface area contributed by atoms with E-state index < -0.39 is 0 Å². The zero-order valence-electron chi connectivity index (χ0n) is 17.5. The Bertz CT molecular complexity index is 1210. The zero-order valence-corrected chi connectivity index (χ0v) is 17.5. The quantitative estimate of drug-likeness (QED) is 0.523. The van der Waals surface area contributed by atoms with E-state index in [1.54, 1.807) is 0 Å². The minimum Gasteiger partial charge on any atom is -0.376 e. The molecule has 0 bridgehead atoms. The molecule has 1 amide bonds.